The van der Waals surface area contributed by atoms with Crippen molar-refractivity contribution in [1.82, 2.24) is 14.8 Å². The molecule has 1 aromatic rings. The molecule has 0 aliphatic heterocycles. The fourth-order valence-electron chi connectivity index (χ4n) is 1.03. The molecular weight excluding hydrogens is 156 g/mol. The molecule has 0 aromatic carbocycles. The Bertz CT molecular complexity index is 279. The molecule has 1 aromatic heterocycles. The van der Waals surface area contributed by atoms with E-state index in [4.69, 9.17) is 0 Å². The van der Waals surface area contributed by atoms with Gasteiger partial charge in [-0.3, -0.25) is 9.36 Å². The van der Waals surface area contributed by atoms with Crippen LogP contribution in [0.1, 0.15) is 17.5 Å². The van der Waals surface area contributed by atoms with Crippen LogP contribution in [0.15, 0.2) is 0 Å². The van der Waals surface area contributed by atoms with E-state index >= 15 is 0 Å². The lowest BCUT2D eigenvalue weighted by atomic mass is 10.6. The summed E-state index contributed by atoms with van der Waals surface area (Å²) >= 11 is 0. The van der Waals surface area contributed by atoms with E-state index in [9.17, 15) is 4.79 Å². The zero-order valence-electron chi connectivity index (χ0n) is 7.48. The smallest absolute Gasteiger partial charge is 0.227 e. The first-order valence-corrected chi connectivity index (χ1v) is 3.76. The Morgan fingerprint density at radius 1 is 1.50 bits per heavy atom. The van der Waals surface area contributed by atoms with E-state index < -0.39 is 0 Å². The Kier molecular flexibility index (Phi) is 2.42. The highest BCUT2D eigenvalue weighted by Gasteiger charge is 2.10. The lowest BCUT2D eigenvalue weighted by Crippen LogP contribution is -2.15. The number of aromatic nitrogens is 3. The topological polar surface area (TPSA) is 51.0 Å². The van der Waals surface area contributed by atoms with Gasteiger partial charge in [0, 0.05) is 20.6 Å². The second-order valence-electron chi connectivity index (χ2n) is 2.61. The molecular formula is C7H12N4O. The molecule has 0 bridgehead atoms. The predicted molar refractivity (Wildman–Crippen MR) is 45.4 cm³/mol. The van der Waals surface area contributed by atoms with Crippen LogP contribution >= 0.6 is 0 Å². The molecule has 5 heteroatoms. The quantitative estimate of drug-likeness (QED) is 0.604. The summed E-state index contributed by atoms with van der Waals surface area (Å²) in [6.45, 7) is 2.65. The maximum absolute atomic E-state index is 10.5. The molecule has 0 radical (unpaired) electrons. The van der Waals surface area contributed by atoms with Gasteiger partial charge in [0.1, 0.15) is 0 Å². The highest BCUT2D eigenvalue weighted by Crippen LogP contribution is 2.08. The molecule has 1 rings (SSSR count). The van der Waals surface area contributed by atoms with Crippen molar-refractivity contribution >= 4 is 12.2 Å². The summed E-state index contributed by atoms with van der Waals surface area (Å²) in [5.41, 5.74) is 0. The van der Waals surface area contributed by atoms with E-state index in [1.54, 1.807) is 4.57 Å². The lowest BCUT2D eigenvalue weighted by molar-refractivity contribution is 0.111. The molecule has 0 aliphatic carbocycles. The van der Waals surface area contributed by atoms with Gasteiger partial charge >= 0.3 is 0 Å². The van der Waals surface area contributed by atoms with Gasteiger partial charge in [0.15, 0.2) is 12.1 Å². The molecule has 1 heterocycles. The van der Waals surface area contributed by atoms with Crippen LogP contribution in [0.2, 0.25) is 0 Å². The predicted octanol–water partition coefficient (Wildman–Crippen LogP) is 0.176. The molecule has 0 fully saturated rings. The van der Waals surface area contributed by atoms with E-state index in [1.165, 1.54) is 0 Å². The second kappa shape index (κ2) is 3.34. The standard InChI is InChI=1S/C7H12N4O/c1-4-11-6(5-12)8-9-7(11)10(2)3/h5H,4H2,1-3H3. The van der Waals surface area contributed by atoms with Crippen LogP contribution in [-0.4, -0.2) is 35.1 Å². The summed E-state index contributed by atoms with van der Waals surface area (Å²) in [6.07, 6.45) is 0.712. The van der Waals surface area contributed by atoms with Crippen LogP contribution < -0.4 is 4.90 Å². The number of hydrogen-bond acceptors (Lipinski definition) is 4. The number of rotatable bonds is 3. The average Bonchev–Trinajstić information content (AvgIpc) is 2.46. The number of carbonyl (C=O) groups is 1. The summed E-state index contributed by atoms with van der Waals surface area (Å²) in [4.78, 5) is 12.3. The Balaban J connectivity index is 3.13. The zero-order valence-corrected chi connectivity index (χ0v) is 7.48. The summed E-state index contributed by atoms with van der Waals surface area (Å²) in [7, 11) is 3.73. The molecule has 0 atom stereocenters. The van der Waals surface area contributed by atoms with Crippen molar-refractivity contribution in [3.8, 4) is 0 Å². The zero-order chi connectivity index (χ0) is 9.14. The molecule has 12 heavy (non-hydrogen) atoms. The van der Waals surface area contributed by atoms with Crippen molar-refractivity contribution in [2.75, 3.05) is 19.0 Å². The normalized spacial score (nSPS) is 9.92. The SMILES string of the molecule is CCn1c(C=O)nnc1N(C)C. The molecule has 0 saturated heterocycles. The van der Waals surface area contributed by atoms with E-state index in [2.05, 4.69) is 10.2 Å². The Morgan fingerprint density at radius 3 is 2.58 bits per heavy atom. The molecule has 5 nitrogen and oxygen atoms in total. The average molecular weight is 168 g/mol. The van der Waals surface area contributed by atoms with Crippen molar-refractivity contribution in [2.45, 2.75) is 13.5 Å². The Morgan fingerprint density at radius 2 is 2.17 bits per heavy atom. The first-order chi connectivity index (χ1) is 5.70. The molecule has 0 spiro atoms. The summed E-state index contributed by atoms with van der Waals surface area (Å²) in [6, 6.07) is 0. The van der Waals surface area contributed by atoms with Gasteiger partial charge in [-0.05, 0) is 6.92 Å². The first-order valence-electron chi connectivity index (χ1n) is 3.76. The van der Waals surface area contributed by atoms with Crippen LogP contribution in [0, 0.1) is 0 Å². The minimum Gasteiger partial charge on any atom is -0.347 e. The van der Waals surface area contributed by atoms with E-state index in [0.29, 0.717) is 24.6 Å². The van der Waals surface area contributed by atoms with Crippen molar-refractivity contribution < 1.29 is 4.79 Å². The monoisotopic (exact) mass is 168 g/mol. The van der Waals surface area contributed by atoms with Gasteiger partial charge in [0.05, 0.1) is 0 Å². The summed E-state index contributed by atoms with van der Waals surface area (Å²) < 4.78 is 1.76. The molecule has 0 N–H and O–H groups in total. The second-order valence-corrected chi connectivity index (χ2v) is 2.61. The van der Waals surface area contributed by atoms with Crippen LogP contribution in [0.3, 0.4) is 0 Å². The third-order valence-corrected chi connectivity index (χ3v) is 1.58. The Hall–Kier alpha value is -1.39. The van der Waals surface area contributed by atoms with Gasteiger partial charge in [-0.2, -0.15) is 0 Å². The van der Waals surface area contributed by atoms with Crippen LogP contribution in [-0.2, 0) is 6.54 Å². The first kappa shape index (κ1) is 8.70. The van der Waals surface area contributed by atoms with Gasteiger partial charge in [-0.25, -0.2) is 0 Å². The maximum atomic E-state index is 10.5. The molecule has 0 aliphatic rings. The number of carbonyl (C=O) groups excluding carboxylic acids is 1. The molecule has 0 saturated carbocycles. The number of aldehydes is 1. The molecule has 66 valence electrons. The van der Waals surface area contributed by atoms with Crippen molar-refractivity contribution in [3.05, 3.63) is 5.82 Å². The summed E-state index contributed by atoms with van der Waals surface area (Å²) in [5.74, 6) is 1.08. The van der Waals surface area contributed by atoms with Crippen LogP contribution in [0.25, 0.3) is 0 Å². The van der Waals surface area contributed by atoms with Crippen LogP contribution in [0.5, 0.6) is 0 Å². The molecule has 0 unspecified atom stereocenters. The highest BCUT2D eigenvalue weighted by molar-refractivity contribution is 5.70. The van der Waals surface area contributed by atoms with Gasteiger partial charge in [-0.15, -0.1) is 10.2 Å². The van der Waals surface area contributed by atoms with E-state index in [0.717, 1.165) is 0 Å². The third kappa shape index (κ3) is 1.30. The molecule has 0 amide bonds. The minimum atomic E-state index is 0.376. The van der Waals surface area contributed by atoms with Gasteiger partial charge in [0.2, 0.25) is 5.95 Å². The fraction of sp³-hybridized carbons (Fsp3) is 0.571. The lowest BCUT2D eigenvalue weighted by Gasteiger charge is -2.11. The van der Waals surface area contributed by atoms with E-state index in [-0.39, 0.29) is 0 Å². The van der Waals surface area contributed by atoms with E-state index in [1.807, 2.05) is 25.9 Å². The van der Waals surface area contributed by atoms with Crippen molar-refractivity contribution in [2.24, 2.45) is 0 Å². The highest BCUT2D eigenvalue weighted by atomic mass is 16.1. The van der Waals surface area contributed by atoms with Gasteiger partial charge in [0.25, 0.3) is 0 Å². The minimum absolute atomic E-state index is 0.376. The van der Waals surface area contributed by atoms with Crippen LogP contribution in [0.4, 0.5) is 5.95 Å². The maximum Gasteiger partial charge on any atom is 0.227 e. The van der Waals surface area contributed by atoms with Gasteiger partial charge < -0.3 is 4.90 Å². The number of hydrogen-bond donors (Lipinski definition) is 0. The summed E-state index contributed by atoms with van der Waals surface area (Å²) in [5, 5.41) is 7.59. The van der Waals surface area contributed by atoms with Crippen molar-refractivity contribution in [3.63, 3.8) is 0 Å². The van der Waals surface area contributed by atoms with Crippen molar-refractivity contribution in [1.29, 1.82) is 0 Å². The Labute approximate surface area is 71.0 Å². The third-order valence-electron chi connectivity index (χ3n) is 1.58. The number of nitrogens with zero attached hydrogens (tertiary/aromatic N) is 4. The fourth-order valence-corrected chi connectivity index (χ4v) is 1.03. The largest absolute Gasteiger partial charge is 0.347 e. The number of anilines is 1. The van der Waals surface area contributed by atoms with Gasteiger partial charge in [-0.1, -0.05) is 0 Å².